The number of allylic oxidation sites excluding steroid dienone is 1. The van der Waals surface area contributed by atoms with E-state index in [1.165, 1.54) is 32.1 Å². The van der Waals surface area contributed by atoms with E-state index in [1.54, 1.807) is 0 Å². The molecular formula is C13H24. The number of rotatable bonds is 4. The number of hydrogen-bond acceptors (Lipinski definition) is 0. The Morgan fingerprint density at radius 3 is 2.54 bits per heavy atom. The van der Waals surface area contributed by atoms with Crippen molar-refractivity contribution in [3.8, 4) is 0 Å². The fourth-order valence-corrected chi connectivity index (χ4v) is 2.60. The fourth-order valence-electron chi connectivity index (χ4n) is 2.60. The molecule has 0 radical (unpaired) electrons. The van der Waals surface area contributed by atoms with Gasteiger partial charge in [0.2, 0.25) is 0 Å². The molecule has 0 N–H and O–H groups in total. The van der Waals surface area contributed by atoms with Crippen LogP contribution in [0.15, 0.2) is 12.7 Å². The molecule has 0 aliphatic heterocycles. The average molecular weight is 180 g/mol. The van der Waals surface area contributed by atoms with Gasteiger partial charge in [0.15, 0.2) is 0 Å². The predicted molar refractivity (Wildman–Crippen MR) is 59.7 cm³/mol. The molecule has 2 atom stereocenters. The molecule has 2 unspecified atom stereocenters. The molecule has 76 valence electrons. The Balaban J connectivity index is 2.43. The van der Waals surface area contributed by atoms with Crippen molar-refractivity contribution in [2.45, 2.75) is 52.9 Å². The number of hydrogen-bond donors (Lipinski definition) is 0. The summed E-state index contributed by atoms with van der Waals surface area (Å²) in [5.41, 5.74) is 0.541. The van der Waals surface area contributed by atoms with Crippen LogP contribution < -0.4 is 0 Å². The van der Waals surface area contributed by atoms with E-state index in [9.17, 15) is 0 Å². The minimum absolute atomic E-state index is 0.541. The van der Waals surface area contributed by atoms with Crippen molar-refractivity contribution in [3.05, 3.63) is 12.7 Å². The highest BCUT2D eigenvalue weighted by molar-refractivity contribution is 4.86. The van der Waals surface area contributed by atoms with E-state index in [4.69, 9.17) is 0 Å². The van der Waals surface area contributed by atoms with E-state index in [0.717, 1.165) is 11.8 Å². The minimum Gasteiger partial charge on any atom is -0.103 e. The van der Waals surface area contributed by atoms with Gasteiger partial charge in [-0.05, 0) is 42.9 Å². The molecule has 1 rings (SSSR count). The topological polar surface area (TPSA) is 0 Å². The maximum Gasteiger partial charge on any atom is -0.0323 e. The van der Waals surface area contributed by atoms with Crippen molar-refractivity contribution in [2.24, 2.45) is 17.3 Å². The van der Waals surface area contributed by atoms with Crippen LogP contribution in [0.1, 0.15) is 52.9 Å². The van der Waals surface area contributed by atoms with Crippen molar-refractivity contribution >= 4 is 0 Å². The average Bonchev–Trinajstić information content (AvgIpc) is 2.49. The summed E-state index contributed by atoms with van der Waals surface area (Å²) in [6.07, 6.45) is 8.89. The van der Waals surface area contributed by atoms with Crippen LogP contribution in [-0.4, -0.2) is 0 Å². The second-order valence-corrected chi connectivity index (χ2v) is 5.43. The molecule has 0 aromatic heterocycles. The van der Waals surface area contributed by atoms with Gasteiger partial charge in [0, 0.05) is 0 Å². The van der Waals surface area contributed by atoms with E-state index in [-0.39, 0.29) is 0 Å². The first-order valence-corrected chi connectivity index (χ1v) is 5.67. The van der Waals surface area contributed by atoms with Crippen LogP contribution in [0.3, 0.4) is 0 Å². The molecule has 0 bridgehead atoms. The van der Waals surface area contributed by atoms with E-state index in [0.29, 0.717) is 5.41 Å². The molecule has 0 heteroatoms. The van der Waals surface area contributed by atoms with Crippen LogP contribution in [0.25, 0.3) is 0 Å². The van der Waals surface area contributed by atoms with Gasteiger partial charge in [0.05, 0.1) is 0 Å². The lowest BCUT2D eigenvalue weighted by Gasteiger charge is -2.31. The summed E-state index contributed by atoms with van der Waals surface area (Å²) < 4.78 is 0. The van der Waals surface area contributed by atoms with Crippen molar-refractivity contribution in [1.82, 2.24) is 0 Å². The molecule has 1 aliphatic rings. The molecule has 13 heavy (non-hydrogen) atoms. The van der Waals surface area contributed by atoms with E-state index in [1.807, 2.05) is 0 Å². The normalized spacial score (nSPS) is 29.2. The molecule has 1 aliphatic carbocycles. The summed E-state index contributed by atoms with van der Waals surface area (Å²) in [5.74, 6) is 1.93. The first-order valence-electron chi connectivity index (χ1n) is 5.67. The second-order valence-electron chi connectivity index (χ2n) is 5.43. The molecule has 0 aromatic rings. The Hall–Kier alpha value is -0.260. The van der Waals surface area contributed by atoms with Crippen molar-refractivity contribution in [1.29, 1.82) is 0 Å². The summed E-state index contributed by atoms with van der Waals surface area (Å²) in [5, 5.41) is 0. The molecule has 1 saturated carbocycles. The van der Waals surface area contributed by atoms with Gasteiger partial charge in [0.1, 0.15) is 0 Å². The Morgan fingerprint density at radius 2 is 2.08 bits per heavy atom. The van der Waals surface area contributed by atoms with Gasteiger partial charge in [-0.3, -0.25) is 0 Å². The maximum atomic E-state index is 3.81. The molecule has 1 fully saturated rings. The molecule has 0 heterocycles. The lowest BCUT2D eigenvalue weighted by atomic mass is 9.74. The van der Waals surface area contributed by atoms with Gasteiger partial charge in [0.25, 0.3) is 0 Å². The Labute approximate surface area is 83.4 Å². The molecule has 0 aromatic carbocycles. The van der Waals surface area contributed by atoms with Gasteiger partial charge in [-0.1, -0.05) is 33.3 Å². The van der Waals surface area contributed by atoms with Gasteiger partial charge in [-0.15, -0.1) is 6.58 Å². The summed E-state index contributed by atoms with van der Waals surface area (Å²) >= 11 is 0. The monoisotopic (exact) mass is 180 g/mol. The zero-order valence-corrected chi connectivity index (χ0v) is 9.47. The van der Waals surface area contributed by atoms with Crippen LogP contribution in [0.4, 0.5) is 0 Å². The quantitative estimate of drug-likeness (QED) is 0.562. The lowest BCUT2D eigenvalue weighted by Crippen LogP contribution is -2.21. The zero-order chi connectivity index (χ0) is 9.90. The zero-order valence-electron chi connectivity index (χ0n) is 9.47. The first kappa shape index (κ1) is 10.8. The molecule has 0 spiro atoms. The van der Waals surface area contributed by atoms with Crippen LogP contribution in [-0.2, 0) is 0 Å². The van der Waals surface area contributed by atoms with E-state index < -0.39 is 0 Å². The van der Waals surface area contributed by atoms with Crippen molar-refractivity contribution < 1.29 is 0 Å². The lowest BCUT2D eigenvalue weighted by molar-refractivity contribution is 0.196. The second kappa shape index (κ2) is 4.30. The summed E-state index contributed by atoms with van der Waals surface area (Å²) in [7, 11) is 0. The van der Waals surface area contributed by atoms with E-state index >= 15 is 0 Å². The molecular weight excluding hydrogens is 156 g/mol. The minimum atomic E-state index is 0.541. The van der Waals surface area contributed by atoms with Crippen LogP contribution >= 0.6 is 0 Å². The Bertz CT molecular complexity index is 167. The summed E-state index contributed by atoms with van der Waals surface area (Å²) in [6, 6.07) is 0. The predicted octanol–water partition coefficient (Wildman–Crippen LogP) is 4.42. The maximum absolute atomic E-state index is 3.81. The molecule has 0 amide bonds. The third kappa shape index (κ3) is 2.86. The van der Waals surface area contributed by atoms with Gasteiger partial charge in [-0.25, -0.2) is 0 Å². The van der Waals surface area contributed by atoms with Gasteiger partial charge in [-0.2, -0.15) is 0 Å². The SMILES string of the molecule is C=CCCC(C)(C)C1CCC(C)C1. The van der Waals surface area contributed by atoms with E-state index in [2.05, 4.69) is 33.4 Å². The van der Waals surface area contributed by atoms with Gasteiger partial charge >= 0.3 is 0 Å². The smallest absolute Gasteiger partial charge is 0.0323 e. The third-order valence-corrected chi connectivity index (χ3v) is 3.79. The highest BCUT2D eigenvalue weighted by Gasteiger charge is 2.33. The van der Waals surface area contributed by atoms with Crippen LogP contribution in [0, 0.1) is 17.3 Å². The summed E-state index contributed by atoms with van der Waals surface area (Å²) in [6.45, 7) is 11.1. The highest BCUT2D eigenvalue weighted by Crippen LogP contribution is 2.44. The standard InChI is InChI=1S/C13H24/c1-5-6-9-13(3,4)12-8-7-11(2)10-12/h5,11-12H,1,6-10H2,2-4H3. The third-order valence-electron chi connectivity index (χ3n) is 3.79. The highest BCUT2D eigenvalue weighted by atomic mass is 14.4. The molecule has 0 saturated heterocycles. The van der Waals surface area contributed by atoms with Crippen molar-refractivity contribution in [2.75, 3.05) is 0 Å². The van der Waals surface area contributed by atoms with Crippen molar-refractivity contribution in [3.63, 3.8) is 0 Å². The Morgan fingerprint density at radius 1 is 1.38 bits per heavy atom. The van der Waals surface area contributed by atoms with Crippen LogP contribution in [0.2, 0.25) is 0 Å². The Kier molecular flexibility index (Phi) is 3.58. The first-order chi connectivity index (χ1) is 6.06. The fraction of sp³-hybridized carbons (Fsp3) is 0.846. The largest absolute Gasteiger partial charge is 0.103 e. The van der Waals surface area contributed by atoms with Crippen LogP contribution in [0.5, 0.6) is 0 Å². The van der Waals surface area contributed by atoms with Gasteiger partial charge < -0.3 is 0 Å². The molecule has 0 nitrogen and oxygen atoms in total. The summed E-state index contributed by atoms with van der Waals surface area (Å²) in [4.78, 5) is 0.